The van der Waals surface area contributed by atoms with E-state index in [0.29, 0.717) is 23.2 Å². The maximum Gasteiger partial charge on any atom is 0.283 e. The van der Waals surface area contributed by atoms with Crippen LogP contribution in [0.5, 0.6) is 0 Å². The first-order chi connectivity index (χ1) is 9.11. The average molecular weight is 343 g/mol. The van der Waals surface area contributed by atoms with Crippen molar-refractivity contribution in [1.82, 2.24) is 14.8 Å². The van der Waals surface area contributed by atoms with Gasteiger partial charge in [0.25, 0.3) is 5.56 Å². The van der Waals surface area contributed by atoms with Gasteiger partial charge < -0.3 is 5.32 Å². The van der Waals surface area contributed by atoms with E-state index in [2.05, 4.69) is 31.3 Å². The summed E-state index contributed by atoms with van der Waals surface area (Å²) in [5.74, 6) is 0. The lowest BCUT2D eigenvalue weighted by Crippen LogP contribution is -2.24. The molecule has 0 amide bonds. The number of hydrogen-bond donors (Lipinski definition) is 1. The van der Waals surface area contributed by atoms with Crippen molar-refractivity contribution in [2.75, 3.05) is 5.32 Å². The Morgan fingerprint density at radius 1 is 1.53 bits per heavy atom. The van der Waals surface area contributed by atoms with Gasteiger partial charge in [0.2, 0.25) is 0 Å². The maximum atomic E-state index is 12.0. The second-order valence-electron chi connectivity index (χ2n) is 4.14. The van der Waals surface area contributed by atoms with Gasteiger partial charge in [-0.1, -0.05) is 6.92 Å². The summed E-state index contributed by atoms with van der Waals surface area (Å²) >= 11 is 4.92. The smallest absolute Gasteiger partial charge is 0.283 e. The van der Waals surface area contributed by atoms with Crippen LogP contribution in [0.3, 0.4) is 0 Å². The van der Waals surface area contributed by atoms with E-state index in [-0.39, 0.29) is 5.56 Å². The maximum absolute atomic E-state index is 12.0. The molecule has 5 nitrogen and oxygen atoms in total. The minimum absolute atomic E-state index is 0.109. The summed E-state index contributed by atoms with van der Waals surface area (Å²) in [5, 5.41) is 10.3. The van der Waals surface area contributed by atoms with Gasteiger partial charge >= 0.3 is 0 Å². The predicted molar refractivity (Wildman–Crippen MR) is 80.7 cm³/mol. The highest BCUT2D eigenvalue weighted by Crippen LogP contribution is 2.18. The quantitative estimate of drug-likeness (QED) is 0.907. The molecule has 0 aliphatic carbocycles. The van der Waals surface area contributed by atoms with Crippen molar-refractivity contribution in [3.63, 3.8) is 0 Å². The van der Waals surface area contributed by atoms with Crippen molar-refractivity contribution in [2.24, 2.45) is 0 Å². The topological polar surface area (TPSA) is 59.8 Å². The fourth-order valence-corrected chi connectivity index (χ4v) is 2.77. The first-order valence-corrected chi connectivity index (χ1v) is 7.69. The first kappa shape index (κ1) is 14.2. The summed E-state index contributed by atoms with van der Waals surface area (Å²) in [6.45, 7) is 5.20. The van der Waals surface area contributed by atoms with Crippen LogP contribution in [-0.4, -0.2) is 14.8 Å². The van der Waals surface area contributed by atoms with Gasteiger partial charge in [-0.2, -0.15) is 5.10 Å². The van der Waals surface area contributed by atoms with Crippen LogP contribution in [0.15, 0.2) is 20.8 Å². The minimum Gasteiger partial charge on any atom is -0.376 e. The Morgan fingerprint density at radius 3 is 2.95 bits per heavy atom. The summed E-state index contributed by atoms with van der Waals surface area (Å²) < 4.78 is 1.98. The summed E-state index contributed by atoms with van der Waals surface area (Å²) in [5.41, 5.74) is 1.60. The Morgan fingerprint density at radius 2 is 2.32 bits per heavy atom. The van der Waals surface area contributed by atoms with E-state index in [9.17, 15) is 4.79 Å². The average Bonchev–Trinajstić information content (AvgIpc) is 2.80. The molecule has 0 radical (unpaired) electrons. The highest BCUT2D eigenvalue weighted by Gasteiger charge is 2.08. The number of nitrogens with one attached hydrogen (secondary N) is 1. The molecule has 0 atom stereocenters. The van der Waals surface area contributed by atoms with Gasteiger partial charge in [-0.15, -0.1) is 11.3 Å². The van der Waals surface area contributed by atoms with Crippen molar-refractivity contribution in [3.05, 3.63) is 37.1 Å². The lowest BCUT2D eigenvalue weighted by molar-refractivity contribution is 0.566. The Kier molecular flexibility index (Phi) is 4.71. The summed E-state index contributed by atoms with van der Waals surface area (Å²) in [4.78, 5) is 16.4. The summed E-state index contributed by atoms with van der Waals surface area (Å²) in [6.07, 6.45) is 2.55. The van der Waals surface area contributed by atoms with Crippen LogP contribution in [0.25, 0.3) is 0 Å². The fraction of sp³-hybridized carbons (Fsp3) is 0.417. The molecule has 0 unspecified atom stereocenters. The molecule has 0 aliphatic rings. The Balaban J connectivity index is 2.13. The molecule has 0 saturated heterocycles. The van der Waals surface area contributed by atoms with Crippen LogP contribution in [0, 0.1) is 6.92 Å². The monoisotopic (exact) mass is 342 g/mol. The van der Waals surface area contributed by atoms with Crippen molar-refractivity contribution in [3.8, 4) is 0 Å². The lowest BCUT2D eigenvalue weighted by atomic mass is 10.4. The van der Waals surface area contributed by atoms with E-state index in [1.54, 1.807) is 17.5 Å². The van der Waals surface area contributed by atoms with Gasteiger partial charge in [0, 0.05) is 17.6 Å². The number of thiazole rings is 1. The molecule has 2 heterocycles. The van der Waals surface area contributed by atoms with Gasteiger partial charge in [0.05, 0.1) is 18.4 Å². The zero-order valence-electron chi connectivity index (χ0n) is 10.8. The molecule has 7 heteroatoms. The molecular weight excluding hydrogens is 328 g/mol. The molecule has 0 aliphatic heterocycles. The van der Waals surface area contributed by atoms with Gasteiger partial charge in [-0.3, -0.25) is 4.79 Å². The third kappa shape index (κ3) is 3.42. The molecule has 2 aromatic rings. The van der Waals surface area contributed by atoms with E-state index in [1.807, 2.05) is 19.2 Å². The molecule has 1 N–H and O–H groups in total. The number of aromatic nitrogens is 3. The number of rotatable bonds is 5. The molecular formula is C12H15BrN4OS. The van der Waals surface area contributed by atoms with Gasteiger partial charge in [0.1, 0.15) is 9.48 Å². The molecule has 0 saturated carbocycles. The van der Waals surface area contributed by atoms with E-state index >= 15 is 0 Å². The SMILES string of the molecule is CCCn1ncc(NCc2nc(C)cs2)c(Br)c1=O. The number of nitrogens with zero attached hydrogens (tertiary/aromatic N) is 3. The molecule has 0 aromatic carbocycles. The molecule has 2 aromatic heterocycles. The van der Waals surface area contributed by atoms with Crippen LogP contribution >= 0.6 is 27.3 Å². The predicted octanol–water partition coefficient (Wildman–Crippen LogP) is 2.79. The third-order valence-electron chi connectivity index (χ3n) is 2.52. The number of halogens is 1. The van der Waals surface area contributed by atoms with Gasteiger partial charge in [-0.05, 0) is 29.3 Å². The molecule has 0 spiro atoms. The Labute approximate surface area is 123 Å². The van der Waals surface area contributed by atoms with Crippen molar-refractivity contribution >= 4 is 33.0 Å². The van der Waals surface area contributed by atoms with Gasteiger partial charge in [0.15, 0.2) is 0 Å². The van der Waals surface area contributed by atoms with Crippen LogP contribution in [0.1, 0.15) is 24.0 Å². The minimum atomic E-state index is -0.109. The second-order valence-corrected chi connectivity index (χ2v) is 5.87. The van der Waals surface area contributed by atoms with E-state index < -0.39 is 0 Å². The largest absolute Gasteiger partial charge is 0.376 e. The van der Waals surface area contributed by atoms with Gasteiger partial charge in [-0.25, -0.2) is 9.67 Å². The second kappa shape index (κ2) is 6.29. The zero-order valence-corrected chi connectivity index (χ0v) is 13.2. The lowest BCUT2D eigenvalue weighted by Gasteiger charge is -2.08. The molecule has 19 heavy (non-hydrogen) atoms. The normalized spacial score (nSPS) is 10.7. The zero-order chi connectivity index (χ0) is 13.8. The number of aryl methyl sites for hydroxylation is 2. The number of hydrogen-bond acceptors (Lipinski definition) is 5. The number of anilines is 1. The van der Waals surface area contributed by atoms with E-state index in [0.717, 1.165) is 17.1 Å². The Bertz CT molecular complexity index is 622. The first-order valence-electron chi connectivity index (χ1n) is 6.02. The summed E-state index contributed by atoms with van der Waals surface area (Å²) in [6, 6.07) is 0. The van der Waals surface area contributed by atoms with Crippen LogP contribution < -0.4 is 10.9 Å². The standard InChI is InChI=1S/C12H15BrN4OS/c1-3-4-17-12(18)11(13)9(5-15-17)14-6-10-16-8(2)7-19-10/h5,7,14H,3-4,6H2,1-2H3. The van der Waals surface area contributed by atoms with Crippen LogP contribution in [0.4, 0.5) is 5.69 Å². The highest BCUT2D eigenvalue weighted by molar-refractivity contribution is 9.10. The molecule has 0 bridgehead atoms. The van der Waals surface area contributed by atoms with Crippen molar-refractivity contribution in [1.29, 1.82) is 0 Å². The van der Waals surface area contributed by atoms with Crippen molar-refractivity contribution < 1.29 is 0 Å². The fourth-order valence-electron chi connectivity index (χ4n) is 1.61. The molecule has 102 valence electrons. The van der Waals surface area contributed by atoms with Crippen molar-refractivity contribution in [2.45, 2.75) is 33.4 Å². The molecule has 0 fully saturated rings. The highest BCUT2D eigenvalue weighted by atomic mass is 79.9. The molecule has 2 rings (SSSR count). The van der Waals surface area contributed by atoms with Crippen LogP contribution in [-0.2, 0) is 13.1 Å². The van der Waals surface area contributed by atoms with Crippen LogP contribution in [0.2, 0.25) is 0 Å². The summed E-state index contributed by atoms with van der Waals surface area (Å²) in [7, 11) is 0. The third-order valence-corrected chi connectivity index (χ3v) is 4.25. The van der Waals surface area contributed by atoms with E-state index in [1.165, 1.54) is 4.68 Å². The Hall–Kier alpha value is -1.21. The van der Waals surface area contributed by atoms with E-state index in [4.69, 9.17) is 0 Å².